The monoisotopic (exact) mass is 506 g/mol. The van der Waals surface area contributed by atoms with Crippen LogP contribution in [0.25, 0.3) is 0 Å². The molecule has 2 N–H and O–H groups in total. The van der Waals surface area contributed by atoms with E-state index in [4.69, 9.17) is 9.47 Å². The van der Waals surface area contributed by atoms with E-state index in [0.29, 0.717) is 52.1 Å². The van der Waals surface area contributed by atoms with Crippen LogP contribution >= 0.6 is 21.6 Å². The molecule has 1 saturated heterocycles. The summed E-state index contributed by atoms with van der Waals surface area (Å²) in [6.45, 7) is 9.26. The van der Waals surface area contributed by atoms with Gasteiger partial charge in [-0.2, -0.15) is 0 Å². The highest BCUT2D eigenvalue weighted by Gasteiger charge is 2.18. The van der Waals surface area contributed by atoms with Crippen molar-refractivity contribution in [2.24, 2.45) is 0 Å². The van der Waals surface area contributed by atoms with Crippen molar-refractivity contribution in [3.63, 3.8) is 0 Å². The van der Waals surface area contributed by atoms with E-state index >= 15 is 0 Å². The second-order valence-electron chi connectivity index (χ2n) is 7.84. The fraction of sp³-hybridized carbons (Fsp3) is 0.864. The van der Waals surface area contributed by atoms with Gasteiger partial charge >= 0.3 is 5.97 Å². The minimum absolute atomic E-state index is 0.0880. The van der Waals surface area contributed by atoms with Gasteiger partial charge in [0.15, 0.2) is 0 Å². The number of nitrogens with one attached hydrogen (secondary N) is 2. The fourth-order valence-corrected chi connectivity index (χ4v) is 4.97. The molecule has 9 nitrogen and oxygen atoms in total. The lowest BCUT2D eigenvalue weighted by molar-refractivity contribution is -0.145. The molecule has 1 heterocycles. The van der Waals surface area contributed by atoms with Crippen molar-refractivity contribution in [2.45, 2.75) is 39.0 Å². The Morgan fingerprint density at radius 3 is 1.91 bits per heavy atom. The van der Waals surface area contributed by atoms with Crippen LogP contribution in [-0.2, 0) is 23.9 Å². The summed E-state index contributed by atoms with van der Waals surface area (Å²) in [5.41, 5.74) is 0. The van der Waals surface area contributed by atoms with Crippen LogP contribution < -0.4 is 10.6 Å². The van der Waals surface area contributed by atoms with Crippen molar-refractivity contribution in [1.29, 1.82) is 0 Å². The van der Waals surface area contributed by atoms with Crippen molar-refractivity contribution in [2.75, 3.05) is 84.2 Å². The van der Waals surface area contributed by atoms with Crippen LogP contribution in [0.3, 0.4) is 0 Å². The molecule has 1 rings (SSSR count). The molecule has 0 aliphatic carbocycles. The number of piperazine rings is 1. The molecule has 33 heavy (non-hydrogen) atoms. The number of methoxy groups -OCH3 is 1. The van der Waals surface area contributed by atoms with Crippen LogP contribution in [0.2, 0.25) is 0 Å². The second-order valence-corrected chi connectivity index (χ2v) is 10.5. The molecule has 1 aliphatic heterocycles. The van der Waals surface area contributed by atoms with Gasteiger partial charge in [-0.3, -0.25) is 14.4 Å². The van der Waals surface area contributed by atoms with Gasteiger partial charge in [0.25, 0.3) is 0 Å². The van der Waals surface area contributed by atoms with Gasteiger partial charge < -0.3 is 29.9 Å². The largest absolute Gasteiger partial charge is 0.463 e. The summed E-state index contributed by atoms with van der Waals surface area (Å²) in [5.74, 6) is 1.76. The van der Waals surface area contributed by atoms with E-state index in [1.807, 2.05) is 0 Å². The van der Waals surface area contributed by atoms with Gasteiger partial charge in [-0.25, -0.2) is 0 Å². The van der Waals surface area contributed by atoms with E-state index in [-0.39, 0.29) is 17.8 Å². The molecular formula is C22H42N4O5S2. The molecule has 0 aromatic rings. The normalized spacial score (nSPS) is 14.7. The Labute approximate surface area is 206 Å². The number of hydrogen-bond donors (Lipinski definition) is 2. The van der Waals surface area contributed by atoms with Gasteiger partial charge in [0.05, 0.1) is 13.0 Å². The summed E-state index contributed by atoms with van der Waals surface area (Å²) < 4.78 is 9.95. The molecule has 0 aromatic heterocycles. The second kappa shape index (κ2) is 20.4. The molecule has 0 radical (unpaired) electrons. The zero-order valence-corrected chi connectivity index (χ0v) is 21.9. The molecule has 0 saturated carbocycles. The van der Waals surface area contributed by atoms with Crippen LogP contribution in [0, 0.1) is 0 Å². The van der Waals surface area contributed by atoms with Crippen LogP contribution in [-0.4, -0.2) is 112 Å². The Kier molecular flexibility index (Phi) is 18.5. The Balaban J connectivity index is 1.93. The zero-order chi connectivity index (χ0) is 24.2. The summed E-state index contributed by atoms with van der Waals surface area (Å²) in [7, 11) is 5.02. The van der Waals surface area contributed by atoms with Gasteiger partial charge in [-0.1, -0.05) is 34.9 Å². The molecular weight excluding hydrogens is 464 g/mol. The number of unbranched alkanes of at least 4 members (excludes halogenated alkanes) is 1. The van der Waals surface area contributed by atoms with Crippen molar-refractivity contribution in [3.05, 3.63) is 0 Å². The molecule has 1 aliphatic rings. The van der Waals surface area contributed by atoms with E-state index in [1.54, 1.807) is 28.7 Å². The molecule has 0 aromatic carbocycles. The minimum Gasteiger partial charge on any atom is -0.463 e. The lowest BCUT2D eigenvalue weighted by Crippen LogP contribution is -2.47. The average Bonchev–Trinajstić information content (AvgIpc) is 2.82. The highest BCUT2D eigenvalue weighted by molar-refractivity contribution is 8.76. The fourth-order valence-electron chi connectivity index (χ4n) is 3.15. The first-order valence-electron chi connectivity index (χ1n) is 11.9. The van der Waals surface area contributed by atoms with Gasteiger partial charge in [0, 0.05) is 83.8 Å². The lowest BCUT2D eigenvalue weighted by Gasteiger charge is -2.34. The van der Waals surface area contributed by atoms with Crippen molar-refractivity contribution < 1.29 is 23.9 Å². The molecule has 0 bridgehead atoms. The zero-order valence-electron chi connectivity index (χ0n) is 20.3. The standard InChI is InChI=1S/C22H42N4O5S2/c1-3-4-5-20(27)23-8-18-32-33-19-9-24-21(28)6-10-25-12-14-26(15-13-25)11-7-22(29)31-17-16-30-2/h3-19H2,1-2H3,(H,23,27)(H,24,28). The molecule has 0 unspecified atom stereocenters. The Bertz CT molecular complexity index is 549. The van der Waals surface area contributed by atoms with Crippen molar-refractivity contribution in [3.8, 4) is 0 Å². The smallest absolute Gasteiger partial charge is 0.307 e. The lowest BCUT2D eigenvalue weighted by atomic mass is 10.2. The number of carbonyl (C=O) groups is 3. The predicted molar refractivity (Wildman–Crippen MR) is 135 cm³/mol. The topological polar surface area (TPSA) is 100 Å². The van der Waals surface area contributed by atoms with Crippen molar-refractivity contribution in [1.82, 2.24) is 20.4 Å². The summed E-state index contributed by atoms with van der Waals surface area (Å²) in [4.78, 5) is 39.8. The Hall–Kier alpha value is -1.01. The van der Waals surface area contributed by atoms with Crippen LogP contribution in [0.4, 0.5) is 0 Å². The van der Waals surface area contributed by atoms with Gasteiger partial charge in [0.1, 0.15) is 6.61 Å². The molecule has 192 valence electrons. The van der Waals surface area contributed by atoms with E-state index in [1.165, 1.54) is 0 Å². The number of esters is 1. The maximum absolute atomic E-state index is 12.1. The molecule has 0 spiro atoms. The first-order chi connectivity index (χ1) is 16.0. The quantitative estimate of drug-likeness (QED) is 0.153. The van der Waals surface area contributed by atoms with Crippen molar-refractivity contribution >= 4 is 39.4 Å². The molecule has 11 heteroatoms. The SMILES string of the molecule is CCCCC(=O)NCCSSCCNC(=O)CCN1CCN(CCC(=O)OCCOC)CC1. The van der Waals surface area contributed by atoms with Crippen LogP contribution in [0.5, 0.6) is 0 Å². The van der Waals surface area contributed by atoms with Gasteiger partial charge in [-0.05, 0) is 6.42 Å². The number of amides is 2. The molecule has 2 amide bonds. The van der Waals surface area contributed by atoms with Crippen LogP contribution in [0.1, 0.15) is 39.0 Å². The maximum Gasteiger partial charge on any atom is 0.307 e. The van der Waals surface area contributed by atoms with E-state index in [0.717, 1.165) is 57.1 Å². The minimum atomic E-state index is -0.183. The first kappa shape index (κ1) is 30.0. The predicted octanol–water partition coefficient (Wildman–Crippen LogP) is 1.38. The number of nitrogens with zero attached hydrogens (tertiary/aromatic N) is 2. The van der Waals surface area contributed by atoms with Gasteiger partial charge in [-0.15, -0.1) is 0 Å². The third-order valence-corrected chi connectivity index (χ3v) is 7.57. The van der Waals surface area contributed by atoms with Gasteiger partial charge in [0.2, 0.25) is 11.8 Å². The molecule has 0 atom stereocenters. The van der Waals surface area contributed by atoms with E-state index in [9.17, 15) is 14.4 Å². The highest BCUT2D eigenvalue weighted by Crippen LogP contribution is 2.19. The number of hydrogen-bond acceptors (Lipinski definition) is 9. The maximum atomic E-state index is 12.1. The summed E-state index contributed by atoms with van der Waals surface area (Å²) in [6, 6.07) is 0. The Morgan fingerprint density at radius 2 is 1.36 bits per heavy atom. The average molecular weight is 507 g/mol. The third-order valence-electron chi connectivity index (χ3n) is 5.16. The number of rotatable bonds is 19. The summed E-state index contributed by atoms with van der Waals surface area (Å²) >= 11 is 0. The molecule has 1 fully saturated rings. The van der Waals surface area contributed by atoms with E-state index in [2.05, 4.69) is 27.4 Å². The third kappa shape index (κ3) is 17.1. The number of carbonyl (C=O) groups excluding carboxylic acids is 3. The number of ether oxygens (including phenoxy) is 2. The summed E-state index contributed by atoms with van der Waals surface area (Å²) in [5, 5.41) is 5.90. The first-order valence-corrected chi connectivity index (χ1v) is 14.4. The van der Waals surface area contributed by atoms with E-state index < -0.39 is 0 Å². The Morgan fingerprint density at radius 1 is 0.818 bits per heavy atom. The highest BCUT2D eigenvalue weighted by atomic mass is 33.1. The summed E-state index contributed by atoms with van der Waals surface area (Å²) in [6.07, 6.45) is 3.50. The van der Waals surface area contributed by atoms with Crippen LogP contribution in [0.15, 0.2) is 0 Å².